The van der Waals surface area contributed by atoms with Gasteiger partial charge < -0.3 is 10.2 Å². The second-order valence-electron chi connectivity index (χ2n) is 7.15. The van der Waals surface area contributed by atoms with Crippen LogP contribution in [0.5, 0.6) is 0 Å². The van der Waals surface area contributed by atoms with E-state index in [0.717, 1.165) is 12.8 Å². The average molecular weight is 384 g/mol. The van der Waals surface area contributed by atoms with Crippen molar-refractivity contribution < 1.29 is 14.5 Å². The van der Waals surface area contributed by atoms with Crippen LogP contribution in [0, 0.1) is 16.0 Å². The molecule has 0 radical (unpaired) electrons. The molecule has 2 heterocycles. The molecule has 1 aliphatic carbocycles. The zero-order valence-corrected chi connectivity index (χ0v) is 15.2. The Bertz CT molecular complexity index is 901. The fourth-order valence-electron chi connectivity index (χ4n) is 3.44. The largest absolute Gasteiger partial charge is 0.349 e. The molecule has 2 amide bonds. The third kappa shape index (κ3) is 3.71. The first-order valence-electron chi connectivity index (χ1n) is 9.26. The maximum absolute atomic E-state index is 12.6. The number of nitrogens with one attached hydrogen (secondary N) is 1. The van der Waals surface area contributed by atoms with Gasteiger partial charge in [-0.1, -0.05) is 0 Å². The van der Waals surface area contributed by atoms with E-state index in [-0.39, 0.29) is 40.7 Å². The smallest absolute Gasteiger partial charge is 0.295 e. The number of likely N-dealkylation sites (tertiary alicyclic amines) is 1. The number of piperidine rings is 1. The first-order valence-corrected chi connectivity index (χ1v) is 9.26. The van der Waals surface area contributed by atoms with Crippen molar-refractivity contribution >= 4 is 17.5 Å². The molecule has 1 aromatic carbocycles. The summed E-state index contributed by atoms with van der Waals surface area (Å²) in [4.78, 5) is 41.2. The maximum Gasteiger partial charge on any atom is 0.295 e. The number of hydrogen-bond donors (Lipinski definition) is 1. The van der Waals surface area contributed by atoms with E-state index in [1.54, 1.807) is 0 Å². The van der Waals surface area contributed by atoms with Crippen molar-refractivity contribution in [3.8, 4) is 5.69 Å². The third-order valence-electron chi connectivity index (χ3n) is 5.17. The van der Waals surface area contributed by atoms with Crippen LogP contribution >= 0.6 is 0 Å². The molecule has 10 nitrogen and oxygen atoms in total. The fraction of sp³-hybridized carbons (Fsp3) is 0.444. The molecule has 2 aromatic rings. The molecule has 2 fully saturated rings. The standard InChI is InChI=1S/C18H20N6O4/c25-17(21-14-5-7-22(8-6-14)18(26)12-1-2-12)13-3-4-15(16(9-13)24(27)28)23-11-19-10-20-23/h3-4,9-12,14H,1-2,5-8H2,(H,21,25). The van der Waals surface area contributed by atoms with Crippen molar-refractivity contribution in [2.24, 2.45) is 5.92 Å². The van der Waals surface area contributed by atoms with E-state index in [1.165, 1.54) is 35.5 Å². The molecule has 1 saturated heterocycles. The Morgan fingerprint density at radius 3 is 2.54 bits per heavy atom. The summed E-state index contributed by atoms with van der Waals surface area (Å²) in [6, 6.07) is 4.21. The van der Waals surface area contributed by atoms with Crippen LogP contribution in [-0.4, -0.2) is 55.5 Å². The number of carbonyl (C=O) groups is 2. The first-order chi connectivity index (χ1) is 13.5. The molecule has 1 saturated carbocycles. The summed E-state index contributed by atoms with van der Waals surface area (Å²) >= 11 is 0. The Morgan fingerprint density at radius 2 is 1.93 bits per heavy atom. The number of nitrogens with zero attached hydrogens (tertiary/aromatic N) is 5. The van der Waals surface area contributed by atoms with Crippen LogP contribution in [0.15, 0.2) is 30.9 Å². The van der Waals surface area contributed by atoms with E-state index in [4.69, 9.17) is 0 Å². The Balaban J connectivity index is 1.41. The second kappa shape index (κ2) is 7.37. The van der Waals surface area contributed by atoms with Crippen LogP contribution < -0.4 is 5.32 Å². The lowest BCUT2D eigenvalue weighted by Gasteiger charge is -2.32. The van der Waals surface area contributed by atoms with Gasteiger partial charge in [0.25, 0.3) is 11.6 Å². The van der Waals surface area contributed by atoms with Crippen molar-refractivity contribution in [1.82, 2.24) is 25.0 Å². The fourth-order valence-corrected chi connectivity index (χ4v) is 3.44. The van der Waals surface area contributed by atoms with Gasteiger partial charge in [-0.25, -0.2) is 9.67 Å². The highest BCUT2D eigenvalue weighted by molar-refractivity contribution is 5.95. The number of amides is 2. The van der Waals surface area contributed by atoms with Gasteiger partial charge in [0.15, 0.2) is 0 Å². The minimum absolute atomic E-state index is 0.0511. The SMILES string of the molecule is O=C(NC1CCN(C(=O)C2CC2)CC1)c1ccc(-n2cncn2)c([N+](=O)[O-])c1. The van der Waals surface area contributed by atoms with E-state index in [0.29, 0.717) is 25.9 Å². The van der Waals surface area contributed by atoms with E-state index < -0.39 is 4.92 Å². The molecule has 2 aliphatic rings. The van der Waals surface area contributed by atoms with Gasteiger partial charge >= 0.3 is 0 Å². The predicted molar refractivity (Wildman–Crippen MR) is 97.8 cm³/mol. The van der Waals surface area contributed by atoms with Gasteiger partial charge in [0, 0.05) is 36.7 Å². The summed E-state index contributed by atoms with van der Waals surface area (Å²) in [6.45, 7) is 1.26. The lowest BCUT2D eigenvalue weighted by atomic mass is 10.0. The summed E-state index contributed by atoms with van der Waals surface area (Å²) in [7, 11) is 0. The van der Waals surface area contributed by atoms with Gasteiger partial charge in [-0.3, -0.25) is 19.7 Å². The van der Waals surface area contributed by atoms with E-state index >= 15 is 0 Å². The highest BCUT2D eigenvalue weighted by Crippen LogP contribution is 2.32. The van der Waals surface area contributed by atoms with Crippen molar-refractivity contribution in [2.75, 3.05) is 13.1 Å². The van der Waals surface area contributed by atoms with Crippen molar-refractivity contribution in [3.05, 3.63) is 46.5 Å². The predicted octanol–water partition coefficient (Wildman–Crippen LogP) is 1.31. The van der Waals surface area contributed by atoms with Crippen LogP contribution in [-0.2, 0) is 4.79 Å². The lowest BCUT2D eigenvalue weighted by Crippen LogP contribution is -2.47. The van der Waals surface area contributed by atoms with Gasteiger partial charge in [0.1, 0.15) is 18.3 Å². The number of benzene rings is 1. The lowest BCUT2D eigenvalue weighted by molar-refractivity contribution is -0.384. The van der Waals surface area contributed by atoms with Gasteiger partial charge in [-0.15, -0.1) is 0 Å². The molecule has 0 unspecified atom stereocenters. The van der Waals surface area contributed by atoms with Crippen LogP contribution in [0.25, 0.3) is 5.69 Å². The van der Waals surface area contributed by atoms with Gasteiger partial charge in [0.05, 0.1) is 4.92 Å². The summed E-state index contributed by atoms with van der Waals surface area (Å²) in [6.07, 6.45) is 5.98. The van der Waals surface area contributed by atoms with E-state index in [2.05, 4.69) is 15.4 Å². The van der Waals surface area contributed by atoms with Crippen LogP contribution in [0.2, 0.25) is 0 Å². The van der Waals surface area contributed by atoms with Gasteiger partial charge in [-0.05, 0) is 37.8 Å². The summed E-state index contributed by atoms with van der Waals surface area (Å²) in [5, 5.41) is 18.2. The monoisotopic (exact) mass is 384 g/mol. The molecule has 0 bridgehead atoms. The molecule has 1 N–H and O–H groups in total. The van der Waals surface area contributed by atoms with Crippen LogP contribution in [0.3, 0.4) is 0 Å². The molecule has 0 atom stereocenters. The molecular weight excluding hydrogens is 364 g/mol. The first kappa shape index (κ1) is 18.1. The van der Waals surface area contributed by atoms with Crippen molar-refractivity contribution in [2.45, 2.75) is 31.7 Å². The summed E-state index contributed by atoms with van der Waals surface area (Å²) < 4.78 is 1.28. The minimum Gasteiger partial charge on any atom is -0.349 e. The molecule has 1 aromatic heterocycles. The minimum atomic E-state index is -0.546. The maximum atomic E-state index is 12.6. The van der Waals surface area contributed by atoms with Crippen molar-refractivity contribution in [1.29, 1.82) is 0 Å². The van der Waals surface area contributed by atoms with Gasteiger partial charge in [-0.2, -0.15) is 5.10 Å². The highest BCUT2D eigenvalue weighted by Gasteiger charge is 2.35. The Hall–Kier alpha value is -3.30. The topological polar surface area (TPSA) is 123 Å². The Kier molecular flexibility index (Phi) is 4.76. The highest BCUT2D eigenvalue weighted by atomic mass is 16.6. The number of hydrogen-bond acceptors (Lipinski definition) is 6. The van der Waals surface area contributed by atoms with Crippen LogP contribution in [0.4, 0.5) is 5.69 Å². The molecule has 1 aliphatic heterocycles. The number of nitro groups is 1. The zero-order chi connectivity index (χ0) is 19.7. The van der Waals surface area contributed by atoms with Crippen molar-refractivity contribution in [3.63, 3.8) is 0 Å². The molecule has 146 valence electrons. The Labute approximate surface area is 160 Å². The molecular formula is C18H20N6O4. The third-order valence-corrected chi connectivity index (χ3v) is 5.17. The van der Waals surface area contributed by atoms with E-state index in [1.807, 2.05) is 4.90 Å². The zero-order valence-electron chi connectivity index (χ0n) is 15.2. The number of carbonyl (C=O) groups excluding carboxylic acids is 2. The molecule has 4 rings (SSSR count). The number of nitro benzene ring substituents is 1. The molecule has 0 spiro atoms. The number of aromatic nitrogens is 3. The number of rotatable bonds is 5. The second-order valence-corrected chi connectivity index (χ2v) is 7.15. The normalized spacial score (nSPS) is 17.4. The van der Waals surface area contributed by atoms with E-state index in [9.17, 15) is 19.7 Å². The quantitative estimate of drug-likeness (QED) is 0.612. The average Bonchev–Trinajstić information content (AvgIpc) is 3.41. The summed E-state index contributed by atoms with van der Waals surface area (Å²) in [5.41, 5.74) is 0.237. The molecule has 28 heavy (non-hydrogen) atoms. The molecule has 10 heteroatoms. The Morgan fingerprint density at radius 1 is 1.18 bits per heavy atom. The van der Waals surface area contributed by atoms with Gasteiger partial charge in [0.2, 0.25) is 5.91 Å². The van der Waals surface area contributed by atoms with Crippen LogP contribution in [0.1, 0.15) is 36.0 Å². The summed E-state index contributed by atoms with van der Waals surface area (Å²) in [5.74, 6) is 0.0690.